The fourth-order valence-corrected chi connectivity index (χ4v) is 4.84. The number of Topliss-reactive ketones (excluding diaryl/α,β-unsaturated/α-hetero) is 2. The van der Waals surface area contributed by atoms with Crippen LogP contribution in [-0.4, -0.2) is 25.8 Å². The van der Waals surface area contributed by atoms with E-state index < -0.39 is 0 Å². The van der Waals surface area contributed by atoms with Crippen LogP contribution in [0.25, 0.3) is 0 Å². The highest BCUT2D eigenvalue weighted by atomic mass is 32.2. The van der Waals surface area contributed by atoms with E-state index in [0.717, 1.165) is 9.79 Å². The van der Waals surface area contributed by atoms with Gasteiger partial charge in [0, 0.05) is 0 Å². The lowest BCUT2D eigenvalue weighted by molar-refractivity contribution is -0.119. The number of allylic oxidation sites excluding steroid dienone is 1. The van der Waals surface area contributed by atoms with E-state index >= 15 is 0 Å². The molecule has 0 aromatic heterocycles. The van der Waals surface area contributed by atoms with Crippen LogP contribution in [0.15, 0.2) is 31.7 Å². The van der Waals surface area contributed by atoms with Crippen LogP contribution in [0.1, 0.15) is 13.8 Å². The molecular weight excluding hydrogens is 296 g/mol. The molecule has 0 bridgehead atoms. The lowest BCUT2D eigenvalue weighted by Gasteiger charge is -2.08. The Balaban J connectivity index is 2.57. The van der Waals surface area contributed by atoms with Gasteiger partial charge in [0.05, 0.1) is 33.8 Å². The summed E-state index contributed by atoms with van der Waals surface area (Å²) >= 11 is 2.76. The number of ether oxygens (including phenoxy) is 2. The standard InChI is InChI=1S/C14H14O4S2/c1-7(15)11(8(2)16)14-19-12-9(17-3)5-6-10(18-4)13(12)20-14/h5-6H,1-4H3. The topological polar surface area (TPSA) is 52.6 Å². The number of fused-ring (bicyclic) bond motifs is 1. The quantitative estimate of drug-likeness (QED) is 0.483. The van der Waals surface area contributed by atoms with Gasteiger partial charge < -0.3 is 9.47 Å². The maximum absolute atomic E-state index is 11.7. The molecule has 1 heterocycles. The average molecular weight is 310 g/mol. The Morgan fingerprint density at radius 1 is 0.900 bits per heavy atom. The van der Waals surface area contributed by atoms with Crippen molar-refractivity contribution in [2.45, 2.75) is 23.6 Å². The third-order valence-corrected chi connectivity index (χ3v) is 5.40. The third kappa shape index (κ3) is 2.58. The Hall–Kier alpha value is -1.40. The van der Waals surface area contributed by atoms with Crippen LogP contribution in [0, 0.1) is 0 Å². The van der Waals surface area contributed by atoms with Crippen molar-refractivity contribution in [3.63, 3.8) is 0 Å². The number of benzene rings is 1. The number of rotatable bonds is 4. The highest BCUT2D eigenvalue weighted by Crippen LogP contribution is 2.58. The van der Waals surface area contributed by atoms with Crippen LogP contribution >= 0.6 is 23.5 Å². The lowest BCUT2D eigenvalue weighted by atomic mass is 10.1. The monoisotopic (exact) mass is 310 g/mol. The summed E-state index contributed by atoms with van der Waals surface area (Å²) in [6, 6.07) is 3.63. The second-order valence-corrected chi connectivity index (χ2v) is 6.41. The van der Waals surface area contributed by atoms with E-state index in [0.29, 0.717) is 15.7 Å². The zero-order valence-corrected chi connectivity index (χ0v) is 13.2. The number of carbonyl (C=O) groups is 2. The van der Waals surface area contributed by atoms with Gasteiger partial charge in [0.25, 0.3) is 0 Å². The predicted octanol–water partition coefficient (Wildman–Crippen LogP) is 3.29. The molecule has 1 aromatic carbocycles. The minimum atomic E-state index is -0.224. The number of ketones is 2. The molecule has 4 nitrogen and oxygen atoms in total. The summed E-state index contributed by atoms with van der Waals surface area (Å²) in [5.41, 5.74) is 0.236. The Morgan fingerprint density at radius 3 is 1.60 bits per heavy atom. The van der Waals surface area contributed by atoms with Gasteiger partial charge in [0.1, 0.15) is 11.5 Å². The molecule has 0 aliphatic carbocycles. The molecule has 1 aliphatic heterocycles. The summed E-state index contributed by atoms with van der Waals surface area (Å²) in [7, 11) is 3.18. The van der Waals surface area contributed by atoms with Crippen molar-refractivity contribution in [3.05, 3.63) is 21.9 Å². The van der Waals surface area contributed by atoms with Crippen molar-refractivity contribution < 1.29 is 19.1 Å². The molecule has 1 aromatic rings. The minimum absolute atomic E-state index is 0.224. The summed E-state index contributed by atoms with van der Waals surface area (Å²) in [6.45, 7) is 2.81. The van der Waals surface area contributed by atoms with E-state index in [9.17, 15) is 9.59 Å². The van der Waals surface area contributed by atoms with E-state index in [-0.39, 0.29) is 17.1 Å². The molecule has 0 N–H and O–H groups in total. The molecule has 0 atom stereocenters. The van der Waals surface area contributed by atoms with Gasteiger partial charge in [-0.25, -0.2) is 0 Å². The first-order valence-electron chi connectivity index (χ1n) is 5.86. The summed E-state index contributed by atoms with van der Waals surface area (Å²) in [5.74, 6) is 0.969. The zero-order chi connectivity index (χ0) is 14.9. The number of methoxy groups -OCH3 is 2. The minimum Gasteiger partial charge on any atom is -0.496 e. The summed E-state index contributed by atoms with van der Waals surface area (Å²) < 4.78 is 11.3. The molecule has 0 amide bonds. The van der Waals surface area contributed by atoms with Crippen LogP contribution < -0.4 is 9.47 Å². The maximum Gasteiger partial charge on any atom is 0.165 e. The molecule has 106 valence electrons. The van der Waals surface area contributed by atoms with Crippen LogP contribution in [0.3, 0.4) is 0 Å². The molecule has 0 saturated carbocycles. The largest absolute Gasteiger partial charge is 0.496 e. The van der Waals surface area contributed by atoms with Gasteiger partial charge >= 0.3 is 0 Å². The number of thioether (sulfide) groups is 2. The van der Waals surface area contributed by atoms with Crippen molar-refractivity contribution in [3.8, 4) is 11.5 Å². The van der Waals surface area contributed by atoms with E-state index in [1.54, 1.807) is 14.2 Å². The van der Waals surface area contributed by atoms with E-state index in [2.05, 4.69) is 0 Å². The van der Waals surface area contributed by atoms with Crippen LogP contribution in [-0.2, 0) is 9.59 Å². The second-order valence-electron chi connectivity index (χ2n) is 4.11. The van der Waals surface area contributed by atoms with Crippen molar-refractivity contribution in [1.82, 2.24) is 0 Å². The molecule has 0 fully saturated rings. The van der Waals surface area contributed by atoms with E-state index in [1.807, 2.05) is 12.1 Å². The molecule has 0 saturated heterocycles. The highest BCUT2D eigenvalue weighted by molar-refractivity contribution is 8.25. The van der Waals surface area contributed by atoms with E-state index in [1.165, 1.54) is 37.4 Å². The SMILES string of the molecule is COc1ccc(OC)c2c1SC(=C(C(C)=O)C(C)=O)S2. The molecule has 20 heavy (non-hydrogen) atoms. The lowest BCUT2D eigenvalue weighted by Crippen LogP contribution is -2.07. The Morgan fingerprint density at radius 2 is 1.30 bits per heavy atom. The maximum atomic E-state index is 11.7. The van der Waals surface area contributed by atoms with Crippen molar-refractivity contribution in [2.75, 3.05) is 14.2 Å². The number of carbonyl (C=O) groups excluding carboxylic acids is 2. The first kappa shape index (κ1) is 15.0. The Labute approximate surface area is 125 Å². The van der Waals surface area contributed by atoms with Gasteiger partial charge in [-0.1, -0.05) is 23.5 Å². The predicted molar refractivity (Wildman–Crippen MR) is 79.6 cm³/mol. The van der Waals surface area contributed by atoms with Crippen molar-refractivity contribution >= 4 is 35.1 Å². The van der Waals surface area contributed by atoms with Gasteiger partial charge in [-0.15, -0.1) is 0 Å². The van der Waals surface area contributed by atoms with Crippen LogP contribution in [0.2, 0.25) is 0 Å². The number of hydrogen-bond acceptors (Lipinski definition) is 6. The van der Waals surface area contributed by atoms with Crippen molar-refractivity contribution in [1.29, 1.82) is 0 Å². The van der Waals surface area contributed by atoms with Gasteiger partial charge in [0.2, 0.25) is 0 Å². The zero-order valence-electron chi connectivity index (χ0n) is 11.6. The van der Waals surface area contributed by atoms with Crippen molar-refractivity contribution in [2.24, 2.45) is 0 Å². The first-order valence-corrected chi connectivity index (χ1v) is 7.49. The third-order valence-electron chi connectivity index (χ3n) is 2.78. The Bertz CT molecular complexity index is 569. The molecule has 0 radical (unpaired) electrons. The smallest absolute Gasteiger partial charge is 0.165 e. The summed E-state index contributed by atoms with van der Waals surface area (Å²) in [5, 5.41) is 0. The molecular formula is C14H14O4S2. The first-order chi connectivity index (χ1) is 9.49. The van der Waals surface area contributed by atoms with Gasteiger partial charge in [-0.05, 0) is 26.0 Å². The summed E-state index contributed by atoms with van der Waals surface area (Å²) in [6.07, 6.45) is 0. The highest BCUT2D eigenvalue weighted by Gasteiger charge is 2.30. The normalized spacial score (nSPS) is 12.9. The number of hydrogen-bond donors (Lipinski definition) is 0. The van der Waals surface area contributed by atoms with Crippen LogP contribution in [0.5, 0.6) is 11.5 Å². The van der Waals surface area contributed by atoms with Gasteiger partial charge in [-0.2, -0.15) is 0 Å². The summed E-state index contributed by atoms with van der Waals surface area (Å²) in [4.78, 5) is 25.1. The average Bonchev–Trinajstić information content (AvgIpc) is 2.80. The molecule has 6 heteroatoms. The molecule has 2 rings (SSSR count). The second kappa shape index (κ2) is 5.93. The van der Waals surface area contributed by atoms with Gasteiger partial charge in [-0.3, -0.25) is 9.59 Å². The fraction of sp³-hybridized carbons (Fsp3) is 0.286. The molecule has 1 aliphatic rings. The molecule has 0 spiro atoms. The van der Waals surface area contributed by atoms with Crippen LogP contribution in [0.4, 0.5) is 0 Å². The Kier molecular flexibility index (Phi) is 4.45. The van der Waals surface area contributed by atoms with E-state index in [4.69, 9.17) is 9.47 Å². The van der Waals surface area contributed by atoms with Gasteiger partial charge in [0.15, 0.2) is 11.6 Å². The fourth-order valence-electron chi connectivity index (χ4n) is 1.88. The molecule has 0 unspecified atom stereocenters.